The molecule has 7 heteroatoms. The summed E-state index contributed by atoms with van der Waals surface area (Å²) in [6.45, 7) is 3.68. The van der Waals surface area contributed by atoms with Gasteiger partial charge in [-0.25, -0.2) is 9.78 Å². The summed E-state index contributed by atoms with van der Waals surface area (Å²) in [5.74, 6) is -0.863. The largest absolute Gasteiger partial charge is 0.480 e. The van der Waals surface area contributed by atoms with Gasteiger partial charge < -0.3 is 10.0 Å². The summed E-state index contributed by atoms with van der Waals surface area (Å²) in [5, 5.41) is 9.38. The van der Waals surface area contributed by atoms with Gasteiger partial charge in [-0.3, -0.25) is 4.79 Å². The number of aryl methyl sites for hydroxylation is 1. The van der Waals surface area contributed by atoms with Crippen molar-refractivity contribution in [1.29, 1.82) is 0 Å². The molecule has 1 aromatic rings. The topological polar surface area (TPSA) is 70.5 Å². The third-order valence-corrected chi connectivity index (χ3v) is 4.78. The molecule has 1 amide bonds. The van der Waals surface area contributed by atoms with Crippen LogP contribution in [0.3, 0.4) is 0 Å². The molecule has 0 aliphatic carbocycles. The molecule has 1 aromatic heterocycles. The van der Waals surface area contributed by atoms with Gasteiger partial charge in [-0.15, -0.1) is 11.8 Å². The minimum atomic E-state index is -0.973. The fraction of sp³-hybridized carbons (Fsp3) is 0.462. The molecule has 0 bridgehead atoms. The second-order valence-electron chi connectivity index (χ2n) is 4.58. The summed E-state index contributed by atoms with van der Waals surface area (Å²) in [6, 6.07) is 2.32. The summed E-state index contributed by atoms with van der Waals surface area (Å²) in [4.78, 5) is 29.3. The van der Waals surface area contributed by atoms with E-state index in [1.54, 1.807) is 13.0 Å². The molecule has 1 saturated heterocycles. The lowest BCUT2D eigenvalue weighted by Crippen LogP contribution is -2.45. The molecule has 0 aromatic carbocycles. The number of aliphatic carboxylic acids is 1. The zero-order chi connectivity index (χ0) is 14.9. The lowest BCUT2D eigenvalue weighted by atomic mass is 10.1. The fourth-order valence-electron chi connectivity index (χ4n) is 2.24. The van der Waals surface area contributed by atoms with Crippen LogP contribution in [-0.2, 0) is 4.79 Å². The van der Waals surface area contributed by atoms with Gasteiger partial charge >= 0.3 is 5.97 Å². The zero-order valence-corrected chi connectivity index (χ0v) is 12.7. The van der Waals surface area contributed by atoms with E-state index in [9.17, 15) is 14.7 Å². The highest BCUT2D eigenvalue weighted by Gasteiger charge is 2.41. The van der Waals surface area contributed by atoms with Crippen molar-refractivity contribution in [1.82, 2.24) is 9.88 Å². The number of rotatable bonds is 3. The smallest absolute Gasteiger partial charge is 0.327 e. The van der Waals surface area contributed by atoms with E-state index in [-0.39, 0.29) is 16.4 Å². The number of carbonyl (C=O) groups excluding carboxylic acids is 1. The van der Waals surface area contributed by atoms with E-state index in [2.05, 4.69) is 4.98 Å². The number of hydrogen-bond donors (Lipinski definition) is 1. The first kappa shape index (κ1) is 15.1. The maximum Gasteiger partial charge on any atom is 0.327 e. The Bertz CT molecular complexity index is 532. The van der Waals surface area contributed by atoms with Gasteiger partial charge in [-0.05, 0) is 25.5 Å². The van der Waals surface area contributed by atoms with Crippen molar-refractivity contribution in [2.75, 3.05) is 5.75 Å². The van der Waals surface area contributed by atoms with Crippen LogP contribution in [-0.4, -0.2) is 44.0 Å². The number of halogens is 1. The zero-order valence-electron chi connectivity index (χ0n) is 11.2. The molecule has 20 heavy (non-hydrogen) atoms. The fourth-order valence-corrected chi connectivity index (χ4v) is 3.84. The summed E-state index contributed by atoms with van der Waals surface area (Å²) < 4.78 is 0. The van der Waals surface area contributed by atoms with Crippen molar-refractivity contribution in [3.63, 3.8) is 0 Å². The Hall–Kier alpha value is -1.27. The van der Waals surface area contributed by atoms with Crippen LogP contribution >= 0.6 is 23.4 Å². The van der Waals surface area contributed by atoms with Gasteiger partial charge in [0.2, 0.25) is 0 Å². The van der Waals surface area contributed by atoms with Crippen molar-refractivity contribution in [3.8, 4) is 0 Å². The highest BCUT2D eigenvalue weighted by atomic mass is 35.5. The van der Waals surface area contributed by atoms with E-state index < -0.39 is 12.0 Å². The molecule has 0 radical (unpaired) electrons. The number of nitrogens with zero attached hydrogens (tertiary/aromatic N) is 2. The molecule has 1 aliphatic rings. The molecular formula is C13H15ClN2O3S. The first-order valence-electron chi connectivity index (χ1n) is 6.25. The Balaban J connectivity index is 2.35. The minimum Gasteiger partial charge on any atom is -0.480 e. The van der Waals surface area contributed by atoms with E-state index in [4.69, 9.17) is 11.6 Å². The van der Waals surface area contributed by atoms with E-state index in [0.717, 1.165) is 0 Å². The second kappa shape index (κ2) is 6.01. The number of carboxylic acid groups (broad SMARTS) is 1. The Morgan fingerprint density at radius 2 is 2.25 bits per heavy atom. The van der Waals surface area contributed by atoms with Crippen LogP contribution in [0.4, 0.5) is 0 Å². The molecule has 1 N–H and O–H groups in total. The summed E-state index contributed by atoms with van der Waals surface area (Å²) >= 11 is 7.36. The number of aromatic nitrogens is 1. The maximum atomic E-state index is 12.6. The van der Waals surface area contributed by atoms with Gasteiger partial charge in [0.25, 0.3) is 5.91 Å². The molecule has 2 atom stereocenters. The molecule has 1 aliphatic heterocycles. The summed E-state index contributed by atoms with van der Waals surface area (Å²) in [7, 11) is 0. The average Bonchev–Trinajstić information content (AvgIpc) is 2.80. The highest BCUT2D eigenvalue weighted by Crippen LogP contribution is 2.33. The second-order valence-corrected chi connectivity index (χ2v) is 6.18. The molecule has 2 rings (SSSR count). The van der Waals surface area contributed by atoms with Gasteiger partial charge in [0.05, 0.1) is 5.37 Å². The molecule has 2 heterocycles. The van der Waals surface area contributed by atoms with Crippen molar-refractivity contribution in [2.45, 2.75) is 31.7 Å². The third-order valence-electron chi connectivity index (χ3n) is 3.13. The quantitative estimate of drug-likeness (QED) is 0.868. The predicted molar refractivity (Wildman–Crippen MR) is 78.1 cm³/mol. The monoisotopic (exact) mass is 314 g/mol. The highest BCUT2D eigenvalue weighted by molar-refractivity contribution is 8.00. The number of pyridine rings is 1. The van der Waals surface area contributed by atoms with Crippen LogP contribution in [0.15, 0.2) is 12.1 Å². The summed E-state index contributed by atoms with van der Waals surface area (Å²) in [5.41, 5.74) is 1.02. The SMILES string of the molecule is CCC1SCC(C(=O)O)N1C(=O)c1cc(C)nc(Cl)c1. The van der Waals surface area contributed by atoms with Crippen LogP contribution < -0.4 is 0 Å². The Morgan fingerprint density at radius 1 is 1.55 bits per heavy atom. The standard InChI is InChI=1S/C13H15ClN2O3S/c1-3-11-16(9(6-20-11)13(18)19)12(17)8-4-7(2)15-10(14)5-8/h4-5,9,11H,3,6H2,1-2H3,(H,18,19). The first-order chi connectivity index (χ1) is 9.43. The van der Waals surface area contributed by atoms with Crippen LogP contribution in [0.2, 0.25) is 5.15 Å². The molecule has 5 nitrogen and oxygen atoms in total. The third kappa shape index (κ3) is 2.91. The minimum absolute atomic E-state index is 0.115. The number of amides is 1. The predicted octanol–water partition coefficient (Wildman–Crippen LogP) is 2.42. The van der Waals surface area contributed by atoms with E-state index in [1.807, 2.05) is 6.92 Å². The number of carbonyl (C=O) groups is 2. The van der Waals surface area contributed by atoms with Crippen LogP contribution in [0.5, 0.6) is 0 Å². The first-order valence-corrected chi connectivity index (χ1v) is 7.68. The Morgan fingerprint density at radius 3 is 2.80 bits per heavy atom. The van der Waals surface area contributed by atoms with Gasteiger partial charge in [-0.2, -0.15) is 0 Å². The van der Waals surface area contributed by atoms with E-state index >= 15 is 0 Å². The van der Waals surface area contributed by atoms with Gasteiger partial charge in [0.15, 0.2) is 0 Å². The van der Waals surface area contributed by atoms with Gasteiger partial charge in [-0.1, -0.05) is 18.5 Å². The normalized spacial score (nSPS) is 22.1. The number of thioether (sulfide) groups is 1. The molecule has 1 fully saturated rings. The molecule has 0 spiro atoms. The lowest BCUT2D eigenvalue weighted by Gasteiger charge is -2.26. The molecule has 108 valence electrons. The summed E-state index contributed by atoms with van der Waals surface area (Å²) in [6.07, 6.45) is 0.706. The van der Waals surface area contributed by atoms with Crippen molar-refractivity contribution in [3.05, 3.63) is 28.5 Å². The average molecular weight is 315 g/mol. The Kier molecular flexibility index (Phi) is 4.55. The number of hydrogen-bond acceptors (Lipinski definition) is 4. The molecule has 0 saturated carbocycles. The van der Waals surface area contributed by atoms with Crippen LogP contribution in [0.25, 0.3) is 0 Å². The van der Waals surface area contributed by atoms with Gasteiger partial charge in [0, 0.05) is 17.0 Å². The Labute approximate surface area is 126 Å². The number of carboxylic acids is 1. The van der Waals surface area contributed by atoms with Crippen molar-refractivity contribution < 1.29 is 14.7 Å². The molecular weight excluding hydrogens is 300 g/mol. The van der Waals surface area contributed by atoms with Crippen LogP contribution in [0.1, 0.15) is 29.4 Å². The van der Waals surface area contributed by atoms with Crippen molar-refractivity contribution >= 4 is 35.2 Å². The maximum absolute atomic E-state index is 12.6. The van der Waals surface area contributed by atoms with Gasteiger partial charge in [0.1, 0.15) is 11.2 Å². The lowest BCUT2D eigenvalue weighted by molar-refractivity contribution is -0.141. The van der Waals surface area contributed by atoms with E-state index in [1.165, 1.54) is 22.7 Å². The van der Waals surface area contributed by atoms with Crippen molar-refractivity contribution in [2.24, 2.45) is 0 Å². The molecule has 2 unspecified atom stereocenters. The van der Waals surface area contributed by atoms with E-state index in [0.29, 0.717) is 23.4 Å². The van der Waals surface area contributed by atoms with Crippen LogP contribution in [0, 0.1) is 6.92 Å².